The number of methoxy groups -OCH3 is 1. The lowest BCUT2D eigenvalue weighted by atomic mass is 10.1. The van der Waals surface area contributed by atoms with Gasteiger partial charge in [-0.2, -0.15) is 0 Å². The molecule has 2 fully saturated rings. The number of hydrogen-bond acceptors (Lipinski definition) is 6. The van der Waals surface area contributed by atoms with Crippen molar-refractivity contribution in [2.24, 2.45) is 5.92 Å². The van der Waals surface area contributed by atoms with E-state index < -0.39 is 0 Å². The van der Waals surface area contributed by atoms with Crippen LogP contribution in [0.5, 0.6) is 5.75 Å². The molecule has 8 heteroatoms. The van der Waals surface area contributed by atoms with Crippen molar-refractivity contribution in [3.05, 3.63) is 48.3 Å². The van der Waals surface area contributed by atoms with E-state index in [2.05, 4.69) is 31.4 Å². The number of hydrogen-bond donors (Lipinski definition) is 2. The van der Waals surface area contributed by atoms with Crippen molar-refractivity contribution in [3.63, 3.8) is 0 Å². The summed E-state index contributed by atoms with van der Waals surface area (Å²) < 4.78 is 5.55. The standard InChI is InChI=1S/C26H28N6O2/c1-3-18-5-4-6-20(13-18)29-25-21-14-23(24(34-2)15-22(21)27-17-28-25)30-26(33)32-11-9-31(10-12-32)16-19-7-8-19/h1,4-6,13-15,17,19H,7-12,16H2,2H3,(H,30,33)(H,27,28,29). The van der Waals surface area contributed by atoms with Crippen molar-refractivity contribution < 1.29 is 9.53 Å². The number of amides is 2. The Balaban J connectivity index is 1.35. The van der Waals surface area contributed by atoms with E-state index >= 15 is 0 Å². The highest BCUT2D eigenvalue weighted by Gasteiger charge is 2.28. The molecule has 1 saturated heterocycles. The first kappa shape index (κ1) is 22.0. The highest BCUT2D eigenvalue weighted by molar-refractivity contribution is 5.99. The number of anilines is 3. The van der Waals surface area contributed by atoms with Gasteiger partial charge in [-0.05, 0) is 43.0 Å². The second-order valence-electron chi connectivity index (χ2n) is 8.80. The number of carbonyl (C=O) groups is 1. The number of nitrogens with one attached hydrogen (secondary N) is 2. The monoisotopic (exact) mass is 456 g/mol. The lowest BCUT2D eigenvalue weighted by Crippen LogP contribution is -2.50. The highest BCUT2D eigenvalue weighted by atomic mass is 16.5. The third-order valence-corrected chi connectivity index (χ3v) is 6.36. The van der Waals surface area contributed by atoms with Gasteiger partial charge in [-0.3, -0.25) is 4.90 Å². The van der Waals surface area contributed by atoms with Crippen LogP contribution in [-0.4, -0.2) is 65.6 Å². The molecule has 0 unspecified atom stereocenters. The first-order valence-electron chi connectivity index (χ1n) is 11.6. The average Bonchev–Trinajstić information content (AvgIpc) is 3.68. The number of piperazine rings is 1. The molecule has 1 aliphatic heterocycles. The molecule has 0 radical (unpaired) electrons. The van der Waals surface area contributed by atoms with Gasteiger partial charge in [0.25, 0.3) is 0 Å². The molecule has 8 nitrogen and oxygen atoms in total. The Morgan fingerprint density at radius 1 is 1.18 bits per heavy atom. The molecule has 0 bridgehead atoms. The van der Waals surface area contributed by atoms with Gasteiger partial charge in [0.15, 0.2) is 0 Å². The fraction of sp³-hybridized carbons (Fsp3) is 0.346. The average molecular weight is 457 g/mol. The molecule has 1 aliphatic carbocycles. The third kappa shape index (κ3) is 4.90. The molecule has 0 spiro atoms. The zero-order valence-corrected chi connectivity index (χ0v) is 19.3. The van der Waals surface area contributed by atoms with E-state index in [1.165, 1.54) is 19.2 Å². The van der Waals surface area contributed by atoms with Crippen LogP contribution in [-0.2, 0) is 0 Å². The predicted molar refractivity (Wildman–Crippen MR) is 134 cm³/mol. The van der Waals surface area contributed by atoms with Crippen LogP contribution >= 0.6 is 0 Å². The SMILES string of the molecule is C#Cc1cccc(Nc2ncnc3cc(OC)c(NC(=O)N4CCN(CC5CC5)CC4)cc23)c1. The molecule has 3 aromatic rings. The first-order chi connectivity index (χ1) is 16.6. The molecular formula is C26H28N6O2. The number of carbonyl (C=O) groups excluding carboxylic acids is 1. The maximum atomic E-state index is 13.0. The van der Waals surface area contributed by atoms with E-state index in [4.69, 9.17) is 11.2 Å². The zero-order chi connectivity index (χ0) is 23.5. The van der Waals surface area contributed by atoms with E-state index in [0.717, 1.165) is 55.3 Å². The van der Waals surface area contributed by atoms with Gasteiger partial charge in [0, 0.05) is 55.4 Å². The molecule has 1 saturated carbocycles. The van der Waals surface area contributed by atoms with E-state index in [1.807, 2.05) is 41.3 Å². The van der Waals surface area contributed by atoms with Crippen LogP contribution in [0, 0.1) is 18.3 Å². The first-order valence-corrected chi connectivity index (χ1v) is 11.6. The Morgan fingerprint density at radius 2 is 2.00 bits per heavy atom. The van der Waals surface area contributed by atoms with Crippen LogP contribution in [0.15, 0.2) is 42.7 Å². The summed E-state index contributed by atoms with van der Waals surface area (Å²) in [5.41, 5.74) is 2.88. The Morgan fingerprint density at radius 3 is 2.74 bits per heavy atom. The van der Waals surface area contributed by atoms with Gasteiger partial charge < -0.3 is 20.3 Å². The molecule has 2 aromatic carbocycles. The number of terminal acetylenes is 1. The van der Waals surface area contributed by atoms with Crippen molar-refractivity contribution >= 4 is 34.1 Å². The minimum absolute atomic E-state index is 0.128. The van der Waals surface area contributed by atoms with E-state index in [-0.39, 0.29) is 6.03 Å². The molecule has 5 rings (SSSR count). The van der Waals surface area contributed by atoms with Crippen LogP contribution in [0.3, 0.4) is 0 Å². The van der Waals surface area contributed by atoms with Gasteiger partial charge in [-0.25, -0.2) is 14.8 Å². The van der Waals surface area contributed by atoms with E-state index in [9.17, 15) is 4.79 Å². The largest absolute Gasteiger partial charge is 0.494 e. The molecular weight excluding hydrogens is 428 g/mol. The minimum Gasteiger partial charge on any atom is -0.494 e. The molecule has 2 amide bonds. The second-order valence-corrected chi connectivity index (χ2v) is 8.80. The molecule has 2 N–H and O–H groups in total. The fourth-order valence-corrected chi connectivity index (χ4v) is 4.27. The Kier molecular flexibility index (Phi) is 6.19. The molecule has 174 valence electrons. The summed E-state index contributed by atoms with van der Waals surface area (Å²) in [5.74, 6) is 4.67. The second kappa shape index (κ2) is 9.57. The van der Waals surface area contributed by atoms with Gasteiger partial charge >= 0.3 is 6.03 Å². The summed E-state index contributed by atoms with van der Waals surface area (Å²) in [6.07, 6.45) is 9.72. The number of benzene rings is 2. The number of rotatable bonds is 6. The maximum Gasteiger partial charge on any atom is 0.322 e. The van der Waals surface area contributed by atoms with Gasteiger partial charge in [0.1, 0.15) is 17.9 Å². The summed E-state index contributed by atoms with van der Waals surface area (Å²) in [5, 5.41) is 7.11. The molecule has 0 atom stereocenters. The van der Waals surface area contributed by atoms with Crippen molar-refractivity contribution in [1.82, 2.24) is 19.8 Å². The molecule has 1 aromatic heterocycles. The Labute approximate surface area is 199 Å². The Hall–Kier alpha value is -3.83. The number of fused-ring (bicyclic) bond motifs is 1. The van der Waals surface area contributed by atoms with Crippen molar-refractivity contribution in [2.75, 3.05) is 50.5 Å². The van der Waals surface area contributed by atoms with Crippen LogP contribution in [0.4, 0.5) is 22.0 Å². The van der Waals surface area contributed by atoms with Crippen LogP contribution < -0.4 is 15.4 Å². The van der Waals surface area contributed by atoms with Crippen LogP contribution in [0.2, 0.25) is 0 Å². The van der Waals surface area contributed by atoms with E-state index in [1.54, 1.807) is 7.11 Å². The van der Waals surface area contributed by atoms with Crippen molar-refractivity contribution in [2.45, 2.75) is 12.8 Å². The van der Waals surface area contributed by atoms with Crippen LogP contribution in [0.1, 0.15) is 18.4 Å². The van der Waals surface area contributed by atoms with Gasteiger partial charge in [0.2, 0.25) is 0 Å². The lowest BCUT2D eigenvalue weighted by Gasteiger charge is -2.34. The number of urea groups is 1. The van der Waals surface area contributed by atoms with Crippen LogP contribution in [0.25, 0.3) is 10.9 Å². The summed E-state index contributed by atoms with van der Waals surface area (Å²) in [4.78, 5) is 26.2. The van der Waals surface area contributed by atoms with Gasteiger partial charge in [-0.15, -0.1) is 6.42 Å². The smallest absolute Gasteiger partial charge is 0.322 e. The van der Waals surface area contributed by atoms with Gasteiger partial charge in [-0.1, -0.05) is 12.0 Å². The summed E-state index contributed by atoms with van der Waals surface area (Å²) in [6.45, 7) is 4.43. The topological polar surface area (TPSA) is 82.6 Å². The predicted octanol–water partition coefficient (Wildman–Crippen LogP) is 3.92. The summed E-state index contributed by atoms with van der Waals surface area (Å²) >= 11 is 0. The number of nitrogens with zero attached hydrogens (tertiary/aromatic N) is 4. The Bertz CT molecular complexity index is 1240. The van der Waals surface area contributed by atoms with Gasteiger partial charge in [0.05, 0.1) is 18.3 Å². The third-order valence-electron chi connectivity index (χ3n) is 6.36. The maximum absolute atomic E-state index is 13.0. The lowest BCUT2D eigenvalue weighted by molar-refractivity contribution is 0.144. The zero-order valence-electron chi connectivity index (χ0n) is 19.3. The van der Waals surface area contributed by atoms with Crippen molar-refractivity contribution in [1.29, 1.82) is 0 Å². The van der Waals surface area contributed by atoms with Crippen molar-refractivity contribution in [3.8, 4) is 18.1 Å². The highest BCUT2D eigenvalue weighted by Crippen LogP contribution is 2.33. The number of aromatic nitrogens is 2. The summed E-state index contributed by atoms with van der Waals surface area (Å²) in [7, 11) is 1.58. The minimum atomic E-state index is -0.128. The normalized spacial score (nSPS) is 16.2. The quantitative estimate of drug-likeness (QED) is 0.547. The molecule has 2 heterocycles. The fourth-order valence-electron chi connectivity index (χ4n) is 4.27. The summed E-state index contributed by atoms with van der Waals surface area (Å²) in [6, 6.07) is 11.1. The number of ether oxygens (including phenoxy) is 1. The molecule has 34 heavy (non-hydrogen) atoms. The molecule has 2 aliphatic rings. The van der Waals surface area contributed by atoms with E-state index in [0.29, 0.717) is 22.8 Å².